The molecule has 5 nitrogen and oxygen atoms in total. The molecule has 3 aliphatic rings. The van der Waals surface area contributed by atoms with Crippen molar-refractivity contribution in [1.82, 2.24) is 15.5 Å². The molecule has 0 radical (unpaired) electrons. The van der Waals surface area contributed by atoms with Crippen molar-refractivity contribution in [3.8, 4) is 0 Å². The fourth-order valence-corrected chi connectivity index (χ4v) is 6.42. The number of hydrogen-bond acceptors (Lipinski definition) is 5. The molecule has 3 atom stereocenters. The maximum Gasteiger partial charge on any atom is 0.228 e. The SMILES string of the molecule is Cl.Cl.O=C(NCc1ccc2sccc2c1)[C@@]12CC[C@@H](N3CCOCC3)C[C@H]1CCNC2. The fourth-order valence-electron chi connectivity index (χ4n) is 5.65. The number of morpholine rings is 1. The molecule has 3 heterocycles. The Hall–Kier alpha value is -0.890. The molecule has 1 aromatic carbocycles. The van der Waals surface area contributed by atoms with Gasteiger partial charge >= 0.3 is 0 Å². The van der Waals surface area contributed by atoms with Crippen LogP contribution in [0.1, 0.15) is 31.2 Å². The van der Waals surface area contributed by atoms with Crippen LogP contribution in [0.4, 0.5) is 0 Å². The summed E-state index contributed by atoms with van der Waals surface area (Å²) in [4.78, 5) is 16.0. The number of nitrogens with one attached hydrogen (secondary N) is 2. The average molecular weight is 487 g/mol. The number of thiophene rings is 1. The first-order valence-corrected chi connectivity index (χ1v) is 11.9. The Morgan fingerprint density at radius 3 is 2.90 bits per heavy atom. The first-order chi connectivity index (χ1) is 14.2. The number of hydrogen-bond donors (Lipinski definition) is 2. The third-order valence-corrected chi connectivity index (χ3v) is 8.25. The molecule has 3 fully saturated rings. The number of nitrogens with zero attached hydrogens (tertiary/aromatic N) is 1. The predicted molar refractivity (Wildman–Crippen MR) is 132 cm³/mol. The third kappa shape index (κ3) is 5.05. The van der Waals surface area contributed by atoms with Crippen LogP contribution in [0, 0.1) is 11.3 Å². The molecule has 2 aliphatic heterocycles. The van der Waals surface area contributed by atoms with Crippen LogP contribution in [-0.4, -0.2) is 56.2 Å². The van der Waals surface area contributed by atoms with Gasteiger partial charge in [-0.3, -0.25) is 9.69 Å². The van der Waals surface area contributed by atoms with Crippen molar-refractivity contribution in [2.24, 2.45) is 11.3 Å². The molecule has 31 heavy (non-hydrogen) atoms. The number of ether oxygens (including phenoxy) is 1. The number of benzene rings is 1. The van der Waals surface area contributed by atoms with E-state index in [1.165, 1.54) is 15.6 Å². The molecule has 0 bridgehead atoms. The predicted octanol–water partition coefficient (Wildman–Crippen LogP) is 3.84. The van der Waals surface area contributed by atoms with Gasteiger partial charge in [-0.05, 0) is 72.7 Å². The van der Waals surface area contributed by atoms with E-state index >= 15 is 0 Å². The van der Waals surface area contributed by atoms with Crippen LogP contribution < -0.4 is 10.6 Å². The molecular weight excluding hydrogens is 453 g/mol. The van der Waals surface area contributed by atoms with Gasteiger partial charge in [-0.2, -0.15) is 0 Å². The van der Waals surface area contributed by atoms with Crippen LogP contribution >= 0.6 is 36.2 Å². The first-order valence-electron chi connectivity index (χ1n) is 11.0. The lowest BCUT2D eigenvalue weighted by atomic mass is 9.61. The van der Waals surface area contributed by atoms with Gasteiger partial charge in [0, 0.05) is 36.9 Å². The van der Waals surface area contributed by atoms with Crippen LogP contribution in [0.25, 0.3) is 10.1 Å². The van der Waals surface area contributed by atoms with Gasteiger partial charge in [0.25, 0.3) is 0 Å². The van der Waals surface area contributed by atoms with Crippen LogP contribution in [0.15, 0.2) is 29.6 Å². The van der Waals surface area contributed by atoms with E-state index in [9.17, 15) is 4.79 Å². The van der Waals surface area contributed by atoms with E-state index in [1.54, 1.807) is 11.3 Å². The topological polar surface area (TPSA) is 53.6 Å². The largest absolute Gasteiger partial charge is 0.379 e. The molecule has 2 N–H and O–H groups in total. The second-order valence-corrected chi connectivity index (χ2v) is 9.82. The summed E-state index contributed by atoms with van der Waals surface area (Å²) in [6, 6.07) is 9.28. The molecule has 1 amide bonds. The highest BCUT2D eigenvalue weighted by atomic mass is 35.5. The number of piperidine rings is 1. The standard InChI is InChI=1S/C23H31N3O2S.2ClH/c27-22(25-15-17-1-2-21-18(13-17)5-12-29-21)23-6-3-20(26-8-10-28-11-9-26)14-19(23)4-7-24-16-23;;/h1-2,5,12-13,19-20,24H,3-4,6-11,14-16H2,(H,25,27);2*1H/t19-,20-,23-;;/m1../s1. The molecular formula is C23H33Cl2N3O2S. The van der Waals surface area contributed by atoms with E-state index in [4.69, 9.17) is 4.74 Å². The fraction of sp³-hybridized carbons (Fsp3) is 0.609. The van der Waals surface area contributed by atoms with E-state index < -0.39 is 0 Å². The van der Waals surface area contributed by atoms with Gasteiger partial charge in [0.15, 0.2) is 0 Å². The Morgan fingerprint density at radius 2 is 2.06 bits per heavy atom. The van der Waals surface area contributed by atoms with Gasteiger partial charge in [-0.1, -0.05) is 6.07 Å². The van der Waals surface area contributed by atoms with Crippen molar-refractivity contribution in [3.63, 3.8) is 0 Å². The first kappa shape index (κ1) is 24.7. The summed E-state index contributed by atoms with van der Waals surface area (Å²) in [5, 5.41) is 10.2. The summed E-state index contributed by atoms with van der Waals surface area (Å²) in [7, 11) is 0. The minimum atomic E-state index is -0.243. The van der Waals surface area contributed by atoms with E-state index in [2.05, 4.69) is 45.2 Å². The maximum absolute atomic E-state index is 13.4. The summed E-state index contributed by atoms with van der Waals surface area (Å²) >= 11 is 1.76. The molecule has 1 aromatic heterocycles. The van der Waals surface area contributed by atoms with Gasteiger partial charge < -0.3 is 15.4 Å². The zero-order valence-corrected chi connectivity index (χ0v) is 20.3. The van der Waals surface area contributed by atoms with Gasteiger partial charge in [-0.25, -0.2) is 0 Å². The van der Waals surface area contributed by atoms with Crippen molar-refractivity contribution < 1.29 is 9.53 Å². The number of fused-ring (bicyclic) bond motifs is 2. The minimum absolute atomic E-state index is 0. The zero-order chi connectivity index (χ0) is 19.7. The molecule has 172 valence electrons. The Bertz CT molecular complexity index is 873. The highest BCUT2D eigenvalue weighted by Gasteiger charge is 2.50. The van der Waals surface area contributed by atoms with Crippen LogP contribution in [-0.2, 0) is 16.1 Å². The average Bonchev–Trinajstić information content (AvgIpc) is 3.25. The minimum Gasteiger partial charge on any atom is -0.379 e. The number of amides is 1. The second kappa shape index (κ2) is 10.8. The summed E-state index contributed by atoms with van der Waals surface area (Å²) in [5.74, 6) is 0.727. The molecule has 0 spiro atoms. The second-order valence-electron chi connectivity index (χ2n) is 8.87. The summed E-state index contributed by atoms with van der Waals surface area (Å²) in [6.07, 6.45) is 4.36. The molecule has 2 saturated heterocycles. The van der Waals surface area contributed by atoms with Crippen molar-refractivity contribution >= 4 is 52.1 Å². The van der Waals surface area contributed by atoms with Gasteiger partial charge in [-0.15, -0.1) is 36.2 Å². The maximum atomic E-state index is 13.4. The monoisotopic (exact) mass is 485 g/mol. The molecule has 2 aromatic rings. The molecule has 1 saturated carbocycles. The Labute approximate surface area is 201 Å². The van der Waals surface area contributed by atoms with Gasteiger partial charge in [0.05, 0.1) is 18.6 Å². The van der Waals surface area contributed by atoms with E-state index in [1.807, 2.05) is 0 Å². The van der Waals surface area contributed by atoms with Crippen LogP contribution in [0.5, 0.6) is 0 Å². The molecule has 5 rings (SSSR count). The Morgan fingerprint density at radius 1 is 1.23 bits per heavy atom. The quantitative estimate of drug-likeness (QED) is 0.690. The lowest BCUT2D eigenvalue weighted by Gasteiger charge is -2.50. The van der Waals surface area contributed by atoms with E-state index in [0.717, 1.165) is 65.1 Å². The third-order valence-electron chi connectivity index (χ3n) is 7.36. The smallest absolute Gasteiger partial charge is 0.228 e. The number of carbonyl (C=O) groups is 1. The summed E-state index contributed by atoms with van der Waals surface area (Å²) in [6.45, 7) is 6.25. The van der Waals surface area contributed by atoms with Crippen molar-refractivity contribution in [3.05, 3.63) is 35.2 Å². The zero-order valence-electron chi connectivity index (χ0n) is 17.8. The lowest BCUT2D eigenvalue weighted by Crippen LogP contribution is -2.60. The molecule has 8 heteroatoms. The van der Waals surface area contributed by atoms with Crippen molar-refractivity contribution in [2.45, 2.75) is 38.3 Å². The van der Waals surface area contributed by atoms with Gasteiger partial charge in [0.1, 0.15) is 0 Å². The molecule has 0 unspecified atom stereocenters. The van der Waals surface area contributed by atoms with Crippen molar-refractivity contribution in [2.75, 3.05) is 39.4 Å². The molecule has 1 aliphatic carbocycles. The number of rotatable bonds is 4. The van der Waals surface area contributed by atoms with E-state index in [0.29, 0.717) is 18.5 Å². The van der Waals surface area contributed by atoms with Crippen LogP contribution in [0.3, 0.4) is 0 Å². The Balaban J connectivity index is 0.00000136. The summed E-state index contributed by atoms with van der Waals surface area (Å²) in [5.41, 5.74) is 0.941. The Kier molecular flexibility index (Phi) is 8.64. The van der Waals surface area contributed by atoms with Crippen LogP contribution in [0.2, 0.25) is 0 Å². The van der Waals surface area contributed by atoms with Crippen molar-refractivity contribution in [1.29, 1.82) is 0 Å². The number of carbonyl (C=O) groups excluding carboxylic acids is 1. The highest BCUT2D eigenvalue weighted by Crippen LogP contribution is 2.46. The normalized spacial score (nSPS) is 28.8. The van der Waals surface area contributed by atoms with E-state index in [-0.39, 0.29) is 36.1 Å². The number of halogens is 2. The lowest BCUT2D eigenvalue weighted by molar-refractivity contribution is -0.140. The summed E-state index contributed by atoms with van der Waals surface area (Å²) < 4.78 is 6.84. The highest BCUT2D eigenvalue weighted by molar-refractivity contribution is 7.17. The van der Waals surface area contributed by atoms with Gasteiger partial charge in [0.2, 0.25) is 5.91 Å².